The van der Waals surface area contributed by atoms with Crippen molar-refractivity contribution >= 4 is 44.1 Å². The van der Waals surface area contributed by atoms with Crippen LogP contribution in [0, 0.1) is 0 Å². The molecule has 1 N–H and O–H groups in total. The zero-order valence-corrected chi connectivity index (χ0v) is 21.2. The zero-order valence-electron chi connectivity index (χ0n) is 20.4. The molecular formula is C28H24N2O6S. The van der Waals surface area contributed by atoms with Crippen molar-refractivity contribution in [2.24, 2.45) is 0 Å². The predicted molar refractivity (Wildman–Crippen MR) is 142 cm³/mol. The Morgan fingerprint density at radius 2 is 1.68 bits per heavy atom. The molecule has 0 spiro atoms. The number of hydrogen-bond acceptors (Lipinski definition) is 8. The van der Waals surface area contributed by atoms with Gasteiger partial charge in [0.25, 0.3) is 5.78 Å². The van der Waals surface area contributed by atoms with Crippen LogP contribution >= 0.6 is 11.3 Å². The molecule has 1 aliphatic rings. The molecule has 1 fully saturated rings. The van der Waals surface area contributed by atoms with E-state index in [1.54, 1.807) is 67.8 Å². The number of fused-ring (bicyclic) bond motifs is 1. The fourth-order valence-electron chi connectivity index (χ4n) is 4.31. The lowest BCUT2D eigenvalue weighted by Gasteiger charge is -2.23. The number of methoxy groups -OCH3 is 2. The number of aliphatic hydroxyl groups is 1. The summed E-state index contributed by atoms with van der Waals surface area (Å²) in [7, 11) is 3.11. The van der Waals surface area contributed by atoms with Crippen molar-refractivity contribution < 1.29 is 28.9 Å². The van der Waals surface area contributed by atoms with E-state index in [1.807, 2.05) is 13.0 Å². The molecular weight excluding hydrogens is 492 g/mol. The standard InChI is InChI=1S/C28H24N2O6S/c1-4-36-18-10-8-16(9-11-18)25(31)23-24(17-6-5-7-19(14-17)34-2)30(27(33)26(23)32)28-29-21-13-12-20(35-3)15-22(21)37-28/h5-15,24,31H,4H2,1-3H3/t24-/m1/s1. The highest BCUT2D eigenvalue weighted by Gasteiger charge is 2.48. The van der Waals surface area contributed by atoms with E-state index in [-0.39, 0.29) is 11.3 Å². The molecule has 0 bridgehead atoms. The first-order valence-corrected chi connectivity index (χ1v) is 12.4. The first-order valence-electron chi connectivity index (χ1n) is 11.6. The van der Waals surface area contributed by atoms with Crippen molar-refractivity contribution in [3.63, 3.8) is 0 Å². The molecule has 37 heavy (non-hydrogen) atoms. The topological polar surface area (TPSA) is 98.2 Å². The number of carbonyl (C=O) groups is 2. The summed E-state index contributed by atoms with van der Waals surface area (Å²) < 4.78 is 17.0. The number of ether oxygens (including phenoxy) is 3. The number of benzene rings is 3. The first-order chi connectivity index (χ1) is 17.9. The smallest absolute Gasteiger partial charge is 0.301 e. The summed E-state index contributed by atoms with van der Waals surface area (Å²) in [4.78, 5) is 32.8. The molecule has 1 saturated heterocycles. The van der Waals surface area contributed by atoms with Crippen LogP contribution in [0.3, 0.4) is 0 Å². The summed E-state index contributed by atoms with van der Waals surface area (Å²) in [6.45, 7) is 2.38. The fourth-order valence-corrected chi connectivity index (χ4v) is 5.33. The summed E-state index contributed by atoms with van der Waals surface area (Å²) in [6.07, 6.45) is 0. The van der Waals surface area contributed by atoms with Gasteiger partial charge < -0.3 is 19.3 Å². The van der Waals surface area contributed by atoms with E-state index in [1.165, 1.54) is 23.3 Å². The lowest BCUT2D eigenvalue weighted by Crippen LogP contribution is -2.29. The lowest BCUT2D eigenvalue weighted by atomic mass is 9.95. The molecule has 1 atom stereocenters. The van der Waals surface area contributed by atoms with E-state index in [4.69, 9.17) is 14.2 Å². The average Bonchev–Trinajstić information content (AvgIpc) is 3.46. The summed E-state index contributed by atoms with van der Waals surface area (Å²) in [5, 5.41) is 11.7. The Morgan fingerprint density at radius 3 is 2.38 bits per heavy atom. The fraction of sp³-hybridized carbons (Fsp3) is 0.179. The number of rotatable bonds is 7. The van der Waals surface area contributed by atoms with E-state index in [2.05, 4.69) is 4.98 Å². The molecule has 0 aliphatic carbocycles. The molecule has 188 valence electrons. The summed E-state index contributed by atoms with van der Waals surface area (Å²) >= 11 is 1.26. The molecule has 3 aromatic carbocycles. The van der Waals surface area contributed by atoms with Crippen LogP contribution in [-0.2, 0) is 9.59 Å². The monoisotopic (exact) mass is 516 g/mol. The number of ketones is 1. The first kappa shape index (κ1) is 24.3. The third-order valence-corrected chi connectivity index (χ3v) is 7.10. The van der Waals surface area contributed by atoms with Crippen molar-refractivity contribution in [1.82, 2.24) is 4.98 Å². The number of aliphatic hydroxyl groups excluding tert-OH is 1. The number of nitrogens with zero attached hydrogens (tertiary/aromatic N) is 2. The molecule has 1 amide bonds. The minimum atomic E-state index is -0.913. The van der Waals surface area contributed by atoms with Crippen LogP contribution in [0.2, 0.25) is 0 Å². The van der Waals surface area contributed by atoms with Gasteiger partial charge >= 0.3 is 5.91 Å². The van der Waals surface area contributed by atoms with Crippen LogP contribution in [0.15, 0.2) is 72.3 Å². The van der Waals surface area contributed by atoms with Crippen LogP contribution < -0.4 is 19.1 Å². The van der Waals surface area contributed by atoms with Gasteiger partial charge in [0.15, 0.2) is 5.13 Å². The van der Waals surface area contributed by atoms with Crippen LogP contribution in [0.1, 0.15) is 24.1 Å². The summed E-state index contributed by atoms with van der Waals surface area (Å²) in [5.74, 6) is -0.00147. The van der Waals surface area contributed by atoms with E-state index < -0.39 is 17.7 Å². The van der Waals surface area contributed by atoms with Gasteiger partial charge in [-0.05, 0) is 67.1 Å². The molecule has 5 rings (SSSR count). The largest absolute Gasteiger partial charge is 0.507 e. The van der Waals surface area contributed by atoms with Crippen molar-refractivity contribution in [2.75, 3.05) is 25.7 Å². The van der Waals surface area contributed by atoms with Crippen molar-refractivity contribution in [3.05, 3.63) is 83.4 Å². The van der Waals surface area contributed by atoms with E-state index in [0.29, 0.717) is 45.6 Å². The second-order valence-corrected chi connectivity index (χ2v) is 9.24. The van der Waals surface area contributed by atoms with Crippen LogP contribution in [0.25, 0.3) is 16.0 Å². The molecule has 0 unspecified atom stereocenters. The van der Waals surface area contributed by atoms with Gasteiger partial charge in [-0.15, -0.1) is 0 Å². The maximum atomic E-state index is 13.5. The number of aromatic nitrogens is 1. The van der Waals surface area contributed by atoms with E-state index >= 15 is 0 Å². The highest BCUT2D eigenvalue weighted by molar-refractivity contribution is 7.22. The van der Waals surface area contributed by atoms with Gasteiger partial charge in [-0.3, -0.25) is 14.5 Å². The minimum absolute atomic E-state index is 0.0285. The number of Topliss-reactive ketones (excluding diaryl/α,β-unsaturated/α-hetero) is 1. The van der Waals surface area contributed by atoms with E-state index in [9.17, 15) is 14.7 Å². The maximum absolute atomic E-state index is 13.5. The third-order valence-electron chi connectivity index (χ3n) is 6.08. The van der Waals surface area contributed by atoms with Crippen LogP contribution in [0.5, 0.6) is 17.2 Å². The third kappa shape index (κ3) is 4.38. The van der Waals surface area contributed by atoms with Gasteiger partial charge in [0, 0.05) is 5.56 Å². The molecule has 0 radical (unpaired) electrons. The van der Waals surface area contributed by atoms with Gasteiger partial charge in [-0.2, -0.15) is 0 Å². The van der Waals surface area contributed by atoms with E-state index in [0.717, 1.165) is 4.70 Å². The normalized spacial score (nSPS) is 16.8. The number of anilines is 1. The van der Waals surface area contributed by atoms with Gasteiger partial charge in [0.2, 0.25) is 0 Å². The second kappa shape index (κ2) is 9.94. The second-order valence-electron chi connectivity index (χ2n) is 8.23. The molecule has 9 heteroatoms. The Bertz CT molecular complexity index is 1530. The average molecular weight is 517 g/mol. The van der Waals surface area contributed by atoms with Gasteiger partial charge in [0.1, 0.15) is 23.0 Å². The molecule has 2 heterocycles. The van der Waals surface area contributed by atoms with Crippen molar-refractivity contribution in [1.29, 1.82) is 0 Å². The minimum Gasteiger partial charge on any atom is -0.507 e. The Balaban J connectivity index is 1.68. The molecule has 1 aromatic heterocycles. The molecule has 4 aromatic rings. The summed E-state index contributed by atoms with van der Waals surface area (Å²) in [6, 6.07) is 18.3. The van der Waals surface area contributed by atoms with Gasteiger partial charge in [-0.25, -0.2) is 4.98 Å². The highest BCUT2D eigenvalue weighted by Crippen LogP contribution is 2.45. The van der Waals surface area contributed by atoms with Crippen LogP contribution in [-0.4, -0.2) is 42.6 Å². The van der Waals surface area contributed by atoms with Crippen molar-refractivity contribution in [3.8, 4) is 17.2 Å². The summed E-state index contributed by atoms with van der Waals surface area (Å²) in [5.41, 5.74) is 1.63. The predicted octanol–water partition coefficient (Wildman–Crippen LogP) is 5.34. The number of carbonyl (C=O) groups excluding carboxylic acids is 2. The van der Waals surface area contributed by atoms with Gasteiger partial charge in [0.05, 0.1) is 42.7 Å². The highest BCUT2D eigenvalue weighted by atomic mass is 32.1. The van der Waals surface area contributed by atoms with Gasteiger partial charge in [-0.1, -0.05) is 23.5 Å². The Labute approximate surface area is 217 Å². The Kier molecular flexibility index (Phi) is 6.54. The molecule has 0 saturated carbocycles. The lowest BCUT2D eigenvalue weighted by molar-refractivity contribution is -0.132. The SMILES string of the molecule is CCOc1ccc(C(O)=C2C(=O)C(=O)N(c3nc4ccc(OC)cc4s3)[C@@H]2c2cccc(OC)c2)cc1. The Hall–Kier alpha value is -4.37. The Morgan fingerprint density at radius 1 is 0.973 bits per heavy atom. The molecule has 1 aliphatic heterocycles. The zero-order chi connectivity index (χ0) is 26.1. The number of thiazole rings is 1. The maximum Gasteiger partial charge on any atom is 0.301 e. The number of hydrogen-bond donors (Lipinski definition) is 1. The van der Waals surface area contributed by atoms with Crippen LogP contribution in [0.4, 0.5) is 5.13 Å². The van der Waals surface area contributed by atoms with Crippen molar-refractivity contribution in [2.45, 2.75) is 13.0 Å². The number of amides is 1. The quantitative estimate of drug-likeness (QED) is 0.201. The molecule has 8 nitrogen and oxygen atoms in total.